The molecule has 5 nitrogen and oxygen atoms in total. The molecule has 0 aliphatic rings. The summed E-state index contributed by atoms with van der Waals surface area (Å²) in [6.45, 7) is 0. The monoisotopic (exact) mass is 951 g/mol. The third kappa shape index (κ3) is 6.41. The maximum absolute atomic E-state index is 11.3. The number of phenolic OH excluding ortho intramolecular Hbond substituents is 1. The van der Waals surface area contributed by atoms with E-state index in [9.17, 15) is 5.11 Å². The molecule has 0 amide bonds. The number of furan rings is 1. The van der Waals surface area contributed by atoms with Gasteiger partial charge in [-0.25, -0.2) is 4.98 Å². The van der Waals surface area contributed by atoms with E-state index in [2.05, 4.69) is 138 Å². The third-order valence-corrected chi connectivity index (χ3v) is 11.1. The van der Waals surface area contributed by atoms with Gasteiger partial charge in [0.2, 0.25) is 0 Å². The van der Waals surface area contributed by atoms with Crippen LogP contribution < -0.4 is 0 Å². The van der Waals surface area contributed by atoms with E-state index in [4.69, 9.17) is 14.4 Å². The Kier molecular flexibility index (Phi) is 9.52. The van der Waals surface area contributed by atoms with Gasteiger partial charge in [-0.05, 0) is 69.6 Å². The van der Waals surface area contributed by atoms with Gasteiger partial charge in [0.15, 0.2) is 0 Å². The van der Waals surface area contributed by atoms with Crippen molar-refractivity contribution < 1.29 is 30.6 Å². The van der Waals surface area contributed by atoms with Gasteiger partial charge in [0.1, 0.15) is 17.2 Å². The third-order valence-electron chi connectivity index (χ3n) is 11.1. The van der Waals surface area contributed by atoms with Crippen molar-refractivity contribution in [3.63, 3.8) is 0 Å². The van der Waals surface area contributed by atoms with Crippen molar-refractivity contribution in [3.8, 4) is 78.6 Å². The molecular formula is C54H34N3O2Pt-. The molecular weight excluding hydrogens is 918 g/mol. The summed E-state index contributed by atoms with van der Waals surface area (Å²) in [6, 6.07) is 69.6. The molecule has 0 saturated heterocycles. The van der Waals surface area contributed by atoms with E-state index in [-0.39, 0.29) is 26.8 Å². The maximum atomic E-state index is 11.3. The Balaban J connectivity index is 0.00000433. The van der Waals surface area contributed by atoms with Gasteiger partial charge < -0.3 is 9.52 Å². The van der Waals surface area contributed by atoms with Gasteiger partial charge in [-0.15, -0.1) is 17.7 Å². The topological polar surface area (TPSA) is 64.1 Å². The molecule has 288 valence electrons. The van der Waals surface area contributed by atoms with Crippen LogP contribution in [0.5, 0.6) is 5.75 Å². The zero-order valence-corrected chi connectivity index (χ0v) is 34.3. The summed E-state index contributed by atoms with van der Waals surface area (Å²) in [4.78, 5) is 10.3. The molecule has 0 unspecified atom stereocenters. The van der Waals surface area contributed by atoms with Crippen LogP contribution in [0.15, 0.2) is 205 Å². The number of aromatic hydroxyl groups is 1. The quantitative estimate of drug-likeness (QED) is 0.162. The fourth-order valence-electron chi connectivity index (χ4n) is 8.26. The number of phenols is 1. The van der Waals surface area contributed by atoms with Gasteiger partial charge in [-0.2, -0.15) is 0 Å². The van der Waals surface area contributed by atoms with E-state index >= 15 is 0 Å². The Hall–Kier alpha value is -7.33. The van der Waals surface area contributed by atoms with Crippen LogP contribution in [0.25, 0.3) is 106 Å². The first-order valence-electron chi connectivity index (χ1n) is 19.6. The summed E-state index contributed by atoms with van der Waals surface area (Å²) in [5.41, 5.74) is 14.7. The van der Waals surface area contributed by atoms with Gasteiger partial charge in [-0.3, -0.25) is 9.55 Å². The summed E-state index contributed by atoms with van der Waals surface area (Å²) < 4.78 is 8.78. The Labute approximate surface area is 361 Å². The zero-order valence-electron chi connectivity index (χ0n) is 32.1. The first-order chi connectivity index (χ1) is 29.2. The summed E-state index contributed by atoms with van der Waals surface area (Å²) in [7, 11) is 0. The number of hydrogen-bond acceptors (Lipinski definition) is 4. The minimum atomic E-state index is 0. The van der Waals surface area contributed by atoms with Crippen molar-refractivity contribution in [1.82, 2.24) is 14.5 Å². The number of fused-ring (bicyclic) bond motifs is 4. The Morgan fingerprint density at radius 2 is 1.15 bits per heavy atom. The van der Waals surface area contributed by atoms with Crippen LogP contribution in [0.2, 0.25) is 0 Å². The maximum Gasteiger partial charge on any atom is 0.148 e. The van der Waals surface area contributed by atoms with Crippen molar-refractivity contribution in [2.75, 3.05) is 0 Å². The van der Waals surface area contributed by atoms with Crippen LogP contribution in [0, 0.1) is 6.07 Å². The predicted octanol–water partition coefficient (Wildman–Crippen LogP) is 13.8. The molecule has 11 rings (SSSR count). The fraction of sp³-hybridized carbons (Fsp3) is 0. The van der Waals surface area contributed by atoms with E-state index in [1.165, 1.54) is 11.1 Å². The van der Waals surface area contributed by atoms with Crippen LogP contribution in [-0.4, -0.2) is 19.6 Å². The van der Waals surface area contributed by atoms with Crippen molar-refractivity contribution in [1.29, 1.82) is 0 Å². The summed E-state index contributed by atoms with van der Waals surface area (Å²) >= 11 is 0. The Morgan fingerprint density at radius 3 is 1.93 bits per heavy atom. The van der Waals surface area contributed by atoms with Gasteiger partial charge in [0, 0.05) is 43.9 Å². The van der Waals surface area contributed by atoms with Crippen molar-refractivity contribution in [2.45, 2.75) is 0 Å². The van der Waals surface area contributed by atoms with Crippen molar-refractivity contribution >= 4 is 33.0 Å². The van der Waals surface area contributed by atoms with E-state index in [1.807, 2.05) is 66.9 Å². The van der Waals surface area contributed by atoms with E-state index in [0.29, 0.717) is 11.4 Å². The molecule has 0 aliphatic carbocycles. The molecule has 0 saturated carbocycles. The largest absolute Gasteiger partial charge is 0.507 e. The second-order valence-electron chi connectivity index (χ2n) is 14.6. The average Bonchev–Trinajstić information content (AvgIpc) is 3.88. The Bertz CT molecular complexity index is 3340. The minimum Gasteiger partial charge on any atom is -0.507 e. The number of pyridine rings is 1. The molecule has 0 aliphatic heterocycles. The SMILES string of the molecule is Oc1ccccc1-c1nc2c(-c3[c-]c(-c4cc(-c5ccc(-c6ccccc6)cc5)ccn4)c4oc5ccccc5c4c3)cccc2n1-c1ccccc1-c1ccccc1.[Pt]. The smallest absolute Gasteiger partial charge is 0.148 e. The van der Waals surface area contributed by atoms with Crippen LogP contribution in [0.1, 0.15) is 0 Å². The molecule has 0 bridgehead atoms. The van der Waals surface area contributed by atoms with Crippen LogP contribution in [0.3, 0.4) is 0 Å². The second-order valence-corrected chi connectivity index (χ2v) is 14.6. The van der Waals surface area contributed by atoms with Crippen LogP contribution >= 0.6 is 0 Å². The van der Waals surface area contributed by atoms with E-state index in [0.717, 1.165) is 83.3 Å². The van der Waals surface area contributed by atoms with Gasteiger partial charge in [0.25, 0.3) is 0 Å². The predicted molar refractivity (Wildman–Crippen MR) is 239 cm³/mol. The zero-order chi connectivity index (χ0) is 39.3. The molecule has 60 heavy (non-hydrogen) atoms. The number of imidazole rings is 1. The molecule has 3 aromatic heterocycles. The second kappa shape index (κ2) is 15.4. The summed E-state index contributed by atoms with van der Waals surface area (Å²) in [5, 5.41) is 13.3. The first-order valence-corrected chi connectivity index (χ1v) is 19.6. The molecule has 8 aromatic carbocycles. The molecule has 1 N–H and O–H groups in total. The molecule has 3 heterocycles. The van der Waals surface area contributed by atoms with Crippen molar-refractivity contribution in [3.05, 3.63) is 206 Å². The molecule has 11 aromatic rings. The van der Waals surface area contributed by atoms with Crippen molar-refractivity contribution in [2.24, 2.45) is 0 Å². The van der Waals surface area contributed by atoms with E-state index in [1.54, 1.807) is 6.07 Å². The molecule has 0 atom stereocenters. The van der Waals surface area contributed by atoms with Gasteiger partial charge in [0.05, 0.1) is 27.9 Å². The van der Waals surface area contributed by atoms with Gasteiger partial charge >= 0.3 is 0 Å². The molecule has 0 radical (unpaired) electrons. The number of benzene rings is 8. The summed E-state index contributed by atoms with van der Waals surface area (Å²) in [5.74, 6) is 0.792. The fourth-order valence-corrected chi connectivity index (χ4v) is 8.26. The normalized spacial score (nSPS) is 11.3. The number of nitrogens with zero attached hydrogens (tertiary/aromatic N) is 3. The molecule has 0 fully saturated rings. The van der Waals surface area contributed by atoms with Crippen LogP contribution in [0.4, 0.5) is 0 Å². The summed E-state index contributed by atoms with van der Waals surface area (Å²) in [6.07, 6.45) is 1.86. The first kappa shape index (κ1) is 37.0. The average molecular weight is 952 g/mol. The number of para-hydroxylation sites is 4. The molecule has 6 heteroatoms. The van der Waals surface area contributed by atoms with E-state index < -0.39 is 0 Å². The number of hydrogen-bond donors (Lipinski definition) is 1. The Morgan fingerprint density at radius 1 is 0.517 bits per heavy atom. The van der Waals surface area contributed by atoms with Crippen LogP contribution in [-0.2, 0) is 21.1 Å². The molecule has 0 spiro atoms. The number of aromatic nitrogens is 3. The standard InChI is InChI=1S/C54H34N3O2.Pt/c58-50-24-11-8-20-44(50)54-56-52-42(21-13-23-49(52)57(54)48-22-10-7-18-41(48)38-16-5-2-6-17-38)40-32-45-43-19-9-12-25-51(43)59-53(45)46(33-40)47-34-39(30-31-55-47)37-28-26-36(27-29-37)35-14-3-1-4-15-35;/h1-32,34,58H;/q-1;. The minimum absolute atomic E-state index is 0. The number of rotatable bonds is 7. The van der Waals surface area contributed by atoms with Gasteiger partial charge in [-0.1, -0.05) is 163 Å².